The molecular weight excluding hydrogens is 388 g/mol. The van der Waals surface area contributed by atoms with E-state index in [0.29, 0.717) is 37.5 Å². The number of imidazole rings is 1. The van der Waals surface area contributed by atoms with Crippen LogP contribution in [0.1, 0.15) is 26.5 Å². The number of aryl methyl sites for hydroxylation is 1. The molecule has 3 N–H and O–H groups in total. The quantitative estimate of drug-likeness (QED) is 0.719. The Bertz CT molecular complexity index is 997. The summed E-state index contributed by atoms with van der Waals surface area (Å²) in [7, 11) is 0. The summed E-state index contributed by atoms with van der Waals surface area (Å²) in [5.74, 6) is -0.658. The minimum Gasteiger partial charge on any atom is -0.379 e. The average molecular weight is 418 g/mol. The molecule has 2 amide bonds. The van der Waals surface area contributed by atoms with Crippen molar-refractivity contribution in [2.45, 2.75) is 40.3 Å². The predicted octanol–water partition coefficient (Wildman–Crippen LogP) is 0.296. The number of pyridine rings is 1. The molecule has 0 radical (unpaired) electrons. The largest absolute Gasteiger partial charge is 0.379 e. The number of primary amides is 1. The number of morpholine rings is 1. The van der Waals surface area contributed by atoms with Gasteiger partial charge in [0, 0.05) is 31.9 Å². The number of nitrogens with two attached hydrogens (primary N) is 1. The second-order valence-corrected chi connectivity index (χ2v) is 8.67. The van der Waals surface area contributed by atoms with Crippen LogP contribution in [0.3, 0.4) is 0 Å². The molecule has 0 saturated carbocycles. The van der Waals surface area contributed by atoms with Gasteiger partial charge in [0.15, 0.2) is 5.65 Å². The fourth-order valence-corrected chi connectivity index (χ4v) is 3.59. The molecule has 1 saturated heterocycles. The van der Waals surface area contributed by atoms with E-state index in [1.807, 2.05) is 6.92 Å². The summed E-state index contributed by atoms with van der Waals surface area (Å²) < 4.78 is 7.90. The van der Waals surface area contributed by atoms with Crippen molar-refractivity contribution >= 4 is 23.1 Å². The zero-order valence-corrected chi connectivity index (χ0v) is 18.0. The Balaban J connectivity index is 1.96. The van der Waals surface area contributed by atoms with Gasteiger partial charge in [-0.15, -0.1) is 0 Å². The summed E-state index contributed by atoms with van der Waals surface area (Å²) >= 11 is 0. The zero-order valence-electron chi connectivity index (χ0n) is 18.0. The smallest absolute Gasteiger partial charge is 0.338 e. The van der Waals surface area contributed by atoms with Gasteiger partial charge >= 0.3 is 11.7 Å². The highest BCUT2D eigenvalue weighted by Gasteiger charge is 2.32. The highest BCUT2D eigenvalue weighted by atomic mass is 16.5. The van der Waals surface area contributed by atoms with Crippen molar-refractivity contribution in [3.63, 3.8) is 0 Å². The van der Waals surface area contributed by atoms with E-state index < -0.39 is 29.1 Å². The number of amides is 2. The summed E-state index contributed by atoms with van der Waals surface area (Å²) in [6.07, 6.45) is 0. The van der Waals surface area contributed by atoms with Crippen LogP contribution in [0, 0.1) is 12.3 Å². The van der Waals surface area contributed by atoms with Gasteiger partial charge in [-0.05, 0) is 24.5 Å². The highest BCUT2D eigenvalue weighted by Crippen LogP contribution is 2.19. The Morgan fingerprint density at radius 2 is 1.90 bits per heavy atom. The van der Waals surface area contributed by atoms with Crippen LogP contribution in [-0.4, -0.2) is 69.8 Å². The Labute approximate surface area is 175 Å². The number of fused-ring (bicyclic) bond motifs is 1. The molecule has 3 heterocycles. The van der Waals surface area contributed by atoms with E-state index in [-0.39, 0.29) is 0 Å². The molecule has 30 heavy (non-hydrogen) atoms. The normalized spacial score (nSPS) is 16.5. The fraction of sp³-hybridized carbons (Fsp3) is 0.600. The van der Waals surface area contributed by atoms with E-state index in [0.717, 1.165) is 23.4 Å². The summed E-state index contributed by atoms with van der Waals surface area (Å²) in [4.78, 5) is 44.8. The number of hydrogen-bond acceptors (Lipinski definition) is 6. The Kier molecular flexibility index (Phi) is 6.27. The standard InChI is InChI=1S/C20H30N6O4/c1-13-5-6-14-17(22-13)25(8-7-24-9-11-30-12-10-24)19(29)26(14)18(28)23-15(16(21)27)20(2,3)4/h5-6,15H,7-12H2,1-4H3,(H2,21,27)(H,23,28)/t15-/m1/s1. The van der Waals surface area contributed by atoms with E-state index in [4.69, 9.17) is 10.5 Å². The number of carbonyl (C=O) groups excluding carboxylic acids is 2. The average Bonchev–Trinajstić information content (AvgIpc) is 2.94. The number of nitrogens with one attached hydrogen (secondary N) is 1. The van der Waals surface area contributed by atoms with Crippen LogP contribution in [-0.2, 0) is 16.1 Å². The lowest BCUT2D eigenvalue weighted by Crippen LogP contribution is -2.54. The van der Waals surface area contributed by atoms with Crippen molar-refractivity contribution < 1.29 is 14.3 Å². The van der Waals surface area contributed by atoms with Crippen molar-refractivity contribution in [2.24, 2.45) is 11.1 Å². The Morgan fingerprint density at radius 1 is 1.23 bits per heavy atom. The van der Waals surface area contributed by atoms with Crippen molar-refractivity contribution in [1.29, 1.82) is 0 Å². The van der Waals surface area contributed by atoms with Gasteiger partial charge in [0.05, 0.1) is 18.7 Å². The fourth-order valence-electron chi connectivity index (χ4n) is 3.59. The minimum absolute atomic E-state index is 0.391. The molecule has 2 aromatic rings. The van der Waals surface area contributed by atoms with Gasteiger partial charge in [0.1, 0.15) is 6.04 Å². The molecule has 0 bridgehead atoms. The van der Waals surface area contributed by atoms with Gasteiger partial charge in [-0.25, -0.2) is 19.1 Å². The Morgan fingerprint density at radius 3 is 2.50 bits per heavy atom. The van der Waals surface area contributed by atoms with E-state index in [1.54, 1.807) is 32.9 Å². The van der Waals surface area contributed by atoms with E-state index in [1.165, 1.54) is 4.57 Å². The number of hydrogen-bond donors (Lipinski definition) is 2. The molecule has 0 unspecified atom stereocenters. The second kappa shape index (κ2) is 8.57. The van der Waals surface area contributed by atoms with Crippen LogP contribution < -0.4 is 16.7 Å². The lowest BCUT2D eigenvalue weighted by molar-refractivity contribution is -0.122. The SMILES string of the molecule is Cc1ccc2c(n1)n(CCN1CCOCC1)c(=O)n2C(=O)N[C@H](C(N)=O)C(C)(C)C. The first-order valence-electron chi connectivity index (χ1n) is 10.1. The predicted molar refractivity (Wildman–Crippen MR) is 112 cm³/mol. The molecule has 0 aliphatic carbocycles. The van der Waals surface area contributed by atoms with Gasteiger partial charge in [-0.1, -0.05) is 20.8 Å². The highest BCUT2D eigenvalue weighted by molar-refractivity contribution is 5.92. The number of carbonyl (C=O) groups is 2. The van der Waals surface area contributed by atoms with Crippen LogP contribution in [0.15, 0.2) is 16.9 Å². The van der Waals surface area contributed by atoms with Crippen molar-refractivity contribution in [3.05, 3.63) is 28.3 Å². The van der Waals surface area contributed by atoms with Crippen LogP contribution in [0.2, 0.25) is 0 Å². The second-order valence-electron chi connectivity index (χ2n) is 8.67. The molecule has 164 valence electrons. The molecule has 1 aliphatic heterocycles. The monoisotopic (exact) mass is 418 g/mol. The molecule has 1 fully saturated rings. The van der Waals surface area contributed by atoms with E-state index in [2.05, 4.69) is 15.2 Å². The number of ether oxygens (including phenoxy) is 1. The molecular formula is C20H30N6O4. The molecule has 10 nitrogen and oxygen atoms in total. The van der Waals surface area contributed by atoms with E-state index in [9.17, 15) is 14.4 Å². The lowest BCUT2D eigenvalue weighted by atomic mass is 9.86. The maximum atomic E-state index is 13.2. The number of aromatic nitrogens is 3. The lowest BCUT2D eigenvalue weighted by Gasteiger charge is -2.28. The van der Waals surface area contributed by atoms with Gasteiger partial charge < -0.3 is 15.8 Å². The first-order chi connectivity index (χ1) is 14.1. The van der Waals surface area contributed by atoms with Crippen molar-refractivity contribution in [2.75, 3.05) is 32.8 Å². The van der Waals surface area contributed by atoms with Crippen LogP contribution in [0.4, 0.5) is 4.79 Å². The molecule has 10 heteroatoms. The van der Waals surface area contributed by atoms with Gasteiger partial charge in [-0.3, -0.25) is 14.3 Å². The molecule has 2 aromatic heterocycles. The van der Waals surface area contributed by atoms with Crippen LogP contribution in [0.5, 0.6) is 0 Å². The molecule has 3 rings (SSSR count). The minimum atomic E-state index is -0.929. The first-order valence-corrected chi connectivity index (χ1v) is 10.1. The third-order valence-corrected chi connectivity index (χ3v) is 5.28. The summed E-state index contributed by atoms with van der Waals surface area (Å²) in [5.41, 5.74) is 5.96. The number of nitrogens with zero attached hydrogens (tertiary/aromatic N) is 4. The summed E-state index contributed by atoms with van der Waals surface area (Å²) in [6, 6.07) is 1.81. The van der Waals surface area contributed by atoms with Crippen LogP contribution in [0.25, 0.3) is 11.2 Å². The van der Waals surface area contributed by atoms with Crippen molar-refractivity contribution in [1.82, 2.24) is 24.3 Å². The summed E-state index contributed by atoms with van der Waals surface area (Å²) in [5, 5.41) is 2.62. The van der Waals surface area contributed by atoms with Gasteiger partial charge in [-0.2, -0.15) is 0 Å². The van der Waals surface area contributed by atoms with E-state index >= 15 is 0 Å². The molecule has 0 spiro atoms. The Hall–Kier alpha value is -2.72. The third kappa shape index (κ3) is 4.54. The summed E-state index contributed by atoms with van der Waals surface area (Å²) in [6.45, 7) is 11.2. The van der Waals surface area contributed by atoms with Crippen molar-refractivity contribution in [3.8, 4) is 0 Å². The van der Waals surface area contributed by atoms with Gasteiger partial charge in [0.25, 0.3) is 0 Å². The topological polar surface area (TPSA) is 124 Å². The van der Waals surface area contributed by atoms with Crippen LogP contribution >= 0.6 is 0 Å². The number of rotatable bonds is 5. The van der Waals surface area contributed by atoms with Gasteiger partial charge in [0.2, 0.25) is 5.91 Å². The third-order valence-electron chi connectivity index (χ3n) is 5.28. The molecule has 0 aromatic carbocycles. The zero-order chi connectivity index (χ0) is 22.1. The first kappa shape index (κ1) is 22.0. The maximum absolute atomic E-state index is 13.2. The maximum Gasteiger partial charge on any atom is 0.338 e. The molecule has 1 atom stereocenters. The molecule has 1 aliphatic rings.